The molecule has 0 unspecified atom stereocenters. The fourth-order valence-electron chi connectivity index (χ4n) is 5.34. The third-order valence-corrected chi connectivity index (χ3v) is 7.84. The Kier molecular flexibility index (Phi) is 11.2. The average Bonchev–Trinajstić information content (AvgIpc) is 3.10. The van der Waals surface area contributed by atoms with E-state index in [1.165, 1.54) is 23.9 Å². The molecule has 46 heavy (non-hydrogen) atoms. The predicted octanol–water partition coefficient (Wildman–Crippen LogP) is 7.90. The van der Waals surface area contributed by atoms with Crippen LogP contribution >= 0.6 is 0 Å². The Morgan fingerprint density at radius 2 is 1.39 bits per heavy atom. The van der Waals surface area contributed by atoms with Crippen LogP contribution in [-0.2, 0) is 22.5 Å². The van der Waals surface area contributed by atoms with E-state index in [1.807, 2.05) is 66.7 Å². The highest BCUT2D eigenvalue weighted by Crippen LogP contribution is 2.23. The molecule has 0 aliphatic rings. The molecule has 0 saturated carbocycles. The van der Waals surface area contributed by atoms with Gasteiger partial charge in [0.05, 0.1) is 13.7 Å². The van der Waals surface area contributed by atoms with E-state index in [9.17, 15) is 9.59 Å². The van der Waals surface area contributed by atoms with Crippen LogP contribution in [0.2, 0.25) is 0 Å². The lowest BCUT2D eigenvalue weighted by molar-refractivity contribution is -0.141. The predicted molar refractivity (Wildman–Crippen MR) is 185 cm³/mol. The summed E-state index contributed by atoms with van der Waals surface area (Å²) in [4.78, 5) is 28.4. The second-order valence-electron chi connectivity index (χ2n) is 11.3. The van der Waals surface area contributed by atoms with E-state index in [0.29, 0.717) is 29.8 Å². The van der Waals surface area contributed by atoms with Crippen molar-refractivity contribution in [3.8, 4) is 5.75 Å². The van der Waals surface area contributed by atoms with Crippen LogP contribution in [-0.4, -0.2) is 38.1 Å². The quantitative estimate of drug-likeness (QED) is 0.0737. The summed E-state index contributed by atoms with van der Waals surface area (Å²) < 4.78 is 11.2. The summed E-state index contributed by atoms with van der Waals surface area (Å²) in [7, 11) is 1.37. The zero-order valence-corrected chi connectivity index (χ0v) is 26.4. The number of nitrogens with one attached hydrogen (secondary N) is 1. The first kappa shape index (κ1) is 32.0. The number of aryl methyl sites for hydroxylation is 1. The molecular formula is C40H40N2O4. The van der Waals surface area contributed by atoms with Gasteiger partial charge in [-0.25, -0.2) is 4.79 Å². The molecule has 5 aromatic carbocycles. The van der Waals surface area contributed by atoms with Gasteiger partial charge in [-0.15, -0.1) is 0 Å². The molecule has 0 radical (unpaired) electrons. The Hall–Kier alpha value is -5.36. The minimum absolute atomic E-state index is 0.115. The number of carbonyl (C=O) groups is 2. The van der Waals surface area contributed by atoms with Gasteiger partial charge in [0.15, 0.2) is 5.78 Å². The highest BCUT2D eigenvalue weighted by atomic mass is 16.5. The van der Waals surface area contributed by atoms with Crippen LogP contribution in [0.25, 0.3) is 0 Å². The van der Waals surface area contributed by atoms with E-state index >= 15 is 0 Å². The zero-order valence-electron chi connectivity index (χ0n) is 26.4. The summed E-state index contributed by atoms with van der Waals surface area (Å²) in [6.07, 6.45) is 1.24. The molecule has 234 valence electrons. The van der Waals surface area contributed by atoms with Gasteiger partial charge in [-0.1, -0.05) is 103 Å². The number of ether oxygens (including phenoxy) is 2. The molecule has 5 aromatic rings. The summed E-state index contributed by atoms with van der Waals surface area (Å²) in [6.45, 7) is 4.37. The minimum atomic E-state index is -0.682. The first-order valence-corrected chi connectivity index (χ1v) is 15.6. The third-order valence-electron chi connectivity index (χ3n) is 7.84. The monoisotopic (exact) mass is 612 g/mol. The molecule has 6 heteroatoms. The Balaban J connectivity index is 1.18. The van der Waals surface area contributed by atoms with Crippen molar-refractivity contribution in [1.82, 2.24) is 0 Å². The SMILES string of the molecule is COC(=O)[C@H](Cc1ccc(OCCCN(Cc2ccccc2)c2ccc(C)cc2)cc1)Nc1ccccc1C(=O)c1ccccc1. The molecule has 0 aliphatic carbocycles. The number of rotatable bonds is 15. The first-order chi connectivity index (χ1) is 22.5. The molecule has 0 bridgehead atoms. The van der Waals surface area contributed by atoms with Gasteiger partial charge in [-0.2, -0.15) is 0 Å². The highest BCUT2D eigenvalue weighted by molar-refractivity contribution is 6.12. The van der Waals surface area contributed by atoms with Crippen LogP contribution in [0.5, 0.6) is 5.75 Å². The standard InChI is InChI=1S/C40H40N2O4/c1-30-18-22-34(23-19-30)42(29-32-12-5-3-6-13-32)26-11-27-46-35-24-20-31(21-25-35)28-38(40(44)45-2)41-37-17-10-9-16-36(37)39(43)33-14-7-4-8-15-33/h3-10,12-25,38,41H,11,26-29H2,1-2H3/t38-/m0/s1. The second-order valence-corrected chi connectivity index (χ2v) is 11.3. The zero-order chi connectivity index (χ0) is 32.1. The van der Waals surface area contributed by atoms with Crippen molar-refractivity contribution in [2.24, 2.45) is 0 Å². The van der Waals surface area contributed by atoms with Crippen LogP contribution < -0.4 is 15.0 Å². The largest absolute Gasteiger partial charge is 0.494 e. The molecule has 0 amide bonds. The Labute approximate surface area is 271 Å². The number of benzene rings is 5. The van der Waals surface area contributed by atoms with Crippen molar-refractivity contribution in [3.63, 3.8) is 0 Å². The molecule has 6 nitrogen and oxygen atoms in total. The Morgan fingerprint density at radius 3 is 2.09 bits per heavy atom. The average molecular weight is 613 g/mol. The number of hydrogen-bond donors (Lipinski definition) is 1. The number of nitrogens with zero attached hydrogens (tertiary/aromatic N) is 1. The lowest BCUT2D eigenvalue weighted by atomic mass is 10.00. The van der Waals surface area contributed by atoms with Gasteiger partial charge in [-0.05, 0) is 60.9 Å². The normalized spacial score (nSPS) is 11.3. The fourth-order valence-corrected chi connectivity index (χ4v) is 5.34. The third kappa shape index (κ3) is 8.85. The Bertz CT molecular complexity index is 1690. The van der Waals surface area contributed by atoms with E-state index in [-0.39, 0.29) is 5.78 Å². The molecule has 0 aliphatic heterocycles. The first-order valence-electron chi connectivity index (χ1n) is 15.6. The molecule has 0 fully saturated rings. The van der Waals surface area contributed by atoms with Crippen LogP contribution in [0, 0.1) is 6.92 Å². The molecular weight excluding hydrogens is 572 g/mol. The topological polar surface area (TPSA) is 67.9 Å². The Morgan fingerprint density at radius 1 is 0.739 bits per heavy atom. The second kappa shape index (κ2) is 16.1. The smallest absolute Gasteiger partial charge is 0.328 e. The number of anilines is 2. The molecule has 5 rings (SSSR count). The molecule has 1 N–H and O–H groups in total. The van der Waals surface area contributed by atoms with Crippen molar-refractivity contribution in [3.05, 3.63) is 161 Å². The van der Waals surface area contributed by atoms with Gasteiger partial charge in [0, 0.05) is 42.0 Å². The summed E-state index contributed by atoms with van der Waals surface area (Å²) in [5, 5.41) is 3.27. The number of para-hydroxylation sites is 1. The van der Waals surface area contributed by atoms with Crippen LogP contribution in [0.4, 0.5) is 11.4 Å². The molecule has 0 heterocycles. The summed E-state index contributed by atoms with van der Waals surface area (Å²) in [6, 6.07) is 42.6. The van der Waals surface area contributed by atoms with Gasteiger partial charge < -0.3 is 19.7 Å². The van der Waals surface area contributed by atoms with E-state index in [4.69, 9.17) is 9.47 Å². The maximum atomic E-state index is 13.2. The van der Waals surface area contributed by atoms with Crippen LogP contribution in [0.1, 0.15) is 39.0 Å². The van der Waals surface area contributed by atoms with E-state index in [2.05, 4.69) is 65.7 Å². The van der Waals surface area contributed by atoms with E-state index in [1.54, 1.807) is 18.2 Å². The van der Waals surface area contributed by atoms with Crippen molar-refractivity contribution >= 4 is 23.1 Å². The number of hydrogen-bond acceptors (Lipinski definition) is 6. The number of ketones is 1. The molecule has 0 aromatic heterocycles. The molecule has 1 atom stereocenters. The van der Waals surface area contributed by atoms with Crippen molar-refractivity contribution in [1.29, 1.82) is 0 Å². The summed E-state index contributed by atoms with van der Waals surface area (Å²) in [5.74, 6) is 0.252. The number of methoxy groups -OCH3 is 1. The van der Waals surface area contributed by atoms with E-state index < -0.39 is 12.0 Å². The fraction of sp³-hybridized carbons (Fsp3) is 0.200. The lowest BCUT2D eigenvalue weighted by Crippen LogP contribution is -2.33. The number of carbonyl (C=O) groups excluding carboxylic acids is 2. The van der Waals surface area contributed by atoms with Gasteiger partial charge in [0.2, 0.25) is 0 Å². The van der Waals surface area contributed by atoms with Gasteiger partial charge >= 0.3 is 5.97 Å². The minimum Gasteiger partial charge on any atom is -0.494 e. The number of esters is 1. The lowest BCUT2D eigenvalue weighted by Gasteiger charge is -2.25. The summed E-state index contributed by atoms with van der Waals surface area (Å²) in [5.41, 5.74) is 6.31. The maximum Gasteiger partial charge on any atom is 0.328 e. The van der Waals surface area contributed by atoms with E-state index in [0.717, 1.165) is 30.8 Å². The summed E-state index contributed by atoms with van der Waals surface area (Å²) >= 11 is 0. The molecule has 0 saturated heterocycles. The maximum absolute atomic E-state index is 13.2. The van der Waals surface area contributed by atoms with Crippen LogP contribution in [0.3, 0.4) is 0 Å². The van der Waals surface area contributed by atoms with Crippen LogP contribution in [0.15, 0.2) is 133 Å². The van der Waals surface area contributed by atoms with Gasteiger partial charge in [-0.3, -0.25) is 4.79 Å². The van der Waals surface area contributed by atoms with Crippen molar-refractivity contribution < 1.29 is 19.1 Å². The molecule has 0 spiro atoms. The van der Waals surface area contributed by atoms with Gasteiger partial charge in [0.25, 0.3) is 0 Å². The van der Waals surface area contributed by atoms with Crippen molar-refractivity contribution in [2.75, 3.05) is 30.5 Å². The highest BCUT2D eigenvalue weighted by Gasteiger charge is 2.22. The van der Waals surface area contributed by atoms with Crippen molar-refractivity contribution in [2.45, 2.75) is 32.4 Å². The van der Waals surface area contributed by atoms with Gasteiger partial charge in [0.1, 0.15) is 11.8 Å².